The van der Waals surface area contributed by atoms with Crippen LogP contribution in [-0.4, -0.2) is 38.1 Å². The van der Waals surface area contributed by atoms with Crippen molar-refractivity contribution in [1.29, 1.82) is 0 Å². The molecule has 108 valence electrons. The van der Waals surface area contributed by atoms with E-state index < -0.39 is 10.0 Å². The van der Waals surface area contributed by atoms with Crippen molar-refractivity contribution in [1.82, 2.24) is 9.62 Å². The fourth-order valence-corrected chi connectivity index (χ4v) is 3.22. The zero-order valence-corrected chi connectivity index (χ0v) is 12.4. The molecule has 0 bridgehead atoms. The average molecular weight is 286 g/mol. The lowest BCUT2D eigenvalue weighted by Gasteiger charge is -2.30. The summed E-state index contributed by atoms with van der Waals surface area (Å²) in [6.45, 7) is 3.99. The Bertz CT molecular complexity index is 502. The van der Waals surface area contributed by atoms with Crippen LogP contribution in [0.2, 0.25) is 0 Å². The highest BCUT2D eigenvalue weighted by Gasteiger charge is 2.24. The second-order valence-electron chi connectivity index (χ2n) is 5.04. The minimum absolute atomic E-state index is 0.369. The molecule has 0 spiro atoms. The Balaban J connectivity index is 1.77. The lowest BCUT2D eigenvalue weighted by molar-refractivity contribution is 0.284. The van der Waals surface area contributed by atoms with E-state index in [9.17, 15) is 8.42 Å². The van der Waals surface area contributed by atoms with Gasteiger partial charge in [-0.3, -0.25) is 0 Å². The summed E-state index contributed by atoms with van der Waals surface area (Å²) >= 11 is 0. The van der Waals surface area contributed by atoms with Gasteiger partial charge in [0.05, 0.1) is 12.8 Å². The molecule has 6 heteroatoms. The van der Waals surface area contributed by atoms with Gasteiger partial charge in [-0.15, -0.1) is 0 Å². The van der Waals surface area contributed by atoms with Crippen LogP contribution in [0.15, 0.2) is 16.5 Å². The maximum absolute atomic E-state index is 11.4. The summed E-state index contributed by atoms with van der Waals surface area (Å²) < 4.78 is 30.0. The summed E-state index contributed by atoms with van der Waals surface area (Å²) in [6.07, 6.45) is 3.89. The smallest absolute Gasteiger partial charge is 0.211 e. The quantitative estimate of drug-likeness (QED) is 0.887. The van der Waals surface area contributed by atoms with Crippen molar-refractivity contribution in [3.8, 4) is 0 Å². The van der Waals surface area contributed by atoms with Gasteiger partial charge in [0, 0.05) is 25.6 Å². The minimum atomic E-state index is -3.03. The van der Waals surface area contributed by atoms with Crippen molar-refractivity contribution >= 4 is 10.0 Å². The number of nitrogens with zero attached hydrogens (tertiary/aromatic N) is 1. The zero-order chi connectivity index (χ0) is 13.9. The van der Waals surface area contributed by atoms with Crippen molar-refractivity contribution in [2.75, 3.05) is 19.3 Å². The predicted molar refractivity (Wildman–Crippen MR) is 74.4 cm³/mol. The van der Waals surface area contributed by atoms with Crippen LogP contribution in [0.25, 0.3) is 0 Å². The molecule has 2 rings (SSSR count). The molecular formula is C13H22N2O3S. The third kappa shape index (κ3) is 4.06. The van der Waals surface area contributed by atoms with E-state index in [4.69, 9.17) is 4.42 Å². The summed E-state index contributed by atoms with van der Waals surface area (Å²) in [5.41, 5.74) is 0. The SMILES string of the molecule is CCc1ccc(CNC2CCN(S(C)(=O)=O)CC2)o1. The Hall–Kier alpha value is -0.850. The molecule has 0 unspecified atom stereocenters. The molecule has 0 aromatic carbocycles. The van der Waals surface area contributed by atoms with Gasteiger partial charge < -0.3 is 9.73 Å². The fourth-order valence-electron chi connectivity index (χ4n) is 2.34. The van der Waals surface area contributed by atoms with E-state index in [0.29, 0.717) is 25.7 Å². The van der Waals surface area contributed by atoms with Crippen molar-refractivity contribution in [2.45, 2.75) is 38.8 Å². The molecule has 19 heavy (non-hydrogen) atoms. The van der Waals surface area contributed by atoms with Crippen LogP contribution < -0.4 is 5.32 Å². The summed E-state index contributed by atoms with van der Waals surface area (Å²) in [7, 11) is -3.03. The molecule has 1 saturated heterocycles. The molecule has 1 aliphatic rings. The molecule has 0 radical (unpaired) electrons. The van der Waals surface area contributed by atoms with Gasteiger partial charge >= 0.3 is 0 Å². The van der Waals surface area contributed by atoms with Crippen LogP contribution in [-0.2, 0) is 23.0 Å². The number of hydrogen-bond acceptors (Lipinski definition) is 4. The van der Waals surface area contributed by atoms with Crippen molar-refractivity contribution in [3.63, 3.8) is 0 Å². The first-order valence-electron chi connectivity index (χ1n) is 6.75. The van der Waals surface area contributed by atoms with Crippen LogP contribution in [0, 0.1) is 0 Å². The van der Waals surface area contributed by atoms with Crippen LogP contribution in [0.5, 0.6) is 0 Å². The summed E-state index contributed by atoms with van der Waals surface area (Å²) in [6, 6.07) is 4.37. The van der Waals surface area contributed by atoms with E-state index in [1.54, 1.807) is 4.31 Å². The molecule has 1 aliphatic heterocycles. The van der Waals surface area contributed by atoms with Crippen LogP contribution >= 0.6 is 0 Å². The molecule has 0 amide bonds. The largest absolute Gasteiger partial charge is 0.465 e. The van der Waals surface area contributed by atoms with Crippen LogP contribution in [0.1, 0.15) is 31.3 Å². The molecular weight excluding hydrogens is 264 g/mol. The summed E-state index contributed by atoms with van der Waals surface area (Å²) in [4.78, 5) is 0. The summed E-state index contributed by atoms with van der Waals surface area (Å²) in [5, 5.41) is 3.43. The number of sulfonamides is 1. The second-order valence-corrected chi connectivity index (χ2v) is 7.02. The number of piperidine rings is 1. The van der Waals surface area contributed by atoms with Gasteiger partial charge in [0.1, 0.15) is 11.5 Å². The van der Waals surface area contributed by atoms with E-state index in [1.807, 2.05) is 12.1 Å². The Kier molecular flexibility index (Phi) is 4.65. The molecule has 0 atom stereocenters. The third-order valence-electron chi connectivity index (χ3n) is 3.55. The lowest BCUT2D eigenvalue weighted by atomic mass is 10.1. The number of aryl methyl sites for hydroxylation is 1. The second kappa shape index (κ2) is 6.07. The highest BCUT2D eigenvalue weighted by Crippen LogP contribution is 2.14. The first-order valence-corrected chi connectivity index (χ1v) is 8.60. The first-order chi connectivity index (χ1) is 8.99. The lowest BCUT2D eigenvalue weighted by Crippen LogP contribution is -2.44. The van der Waals surface area contributed by atoms with Crippen LogP contribution in [0.3, 0.4) is 0 Å². The van der Waals surface area contributed by atoms with E-state index in [-0.39, 0.29) is 0 Å². The molecule has 2 heterocycles. The molecule has 1 fully saturated rings. The molecule has 0 aliphatic carbocycles. The normalized spacial score (nSPS) is 18.8. The maximum Gasteiger partial charge on any atom is 0.211 e. The Morgan fingerprint density at radius 3 is 2.47 bits per heavy atom. The van der Waals surface area contributed by atoms with Crippen molar-refractivity contribution < 1.29 is 12.8 Å². The maximum atomic E-state index is 11.4. The van der Waals surface area contributed by atoms with Crippen molar-refractivity contribution in [2.24, 2.45) is 0 Å². The van der Waals surface area contributed by atoms with E-state index in [2.05, 4.69) is 12.2 Å². The topological polar surface area (TPSA) is 62.6 Å². The highest BCUT2D eigenvalue weighted by atomic mass is 32.2. The predicted octanol–water partition coefficient (Wildman–Crippen LogP) is 1.36. The Labute approximate surface area is 115 Å². The van der Waals surface area contributed by atoms with Gasteiger partial charge in [0.15, 0.2) is 0 Å². The van der Waals surface area contributed by atoms with Crippen molar-refractivity contribution in [3.05, 3.63) is 23.7 Å². The molecule has 1 aromatic rings. The van der Waals surface area contributed by atoms with Gasteiger partial charge in [-0.2, -0.15) is 0 Å². The first kappa shape index (κ1) is 14.6. The van der Waals surface area contributed by atoms with Gasteiger partial charge in [0.2, 0.25) is 10.0 Å². The standard InChI is InChI=1S/C13H22N2O3S/c1-3-12-4-5-13(18-12)10-14-11-6-8-15(9-7-11)19(2,16)17/h4-5,11,14H,3,6-10H2,1-2H3. The van der Waals surface area contributed by atoms with Gasteiger partial charge in [-0.1, -0.05) is 6.92 Å². The zero-order valence-electron chi connectivity index (χ0n) is 11.6. The highest BCUT2D eigenvalue weighted by molar-refractivity contribution is 7.88. The summed E-state index contributed by atoms with van der Waals surface area (Å²) in [5.74, 6) is 1.95. The van der Waals surface area contributed by atoms with Gasteiger partial charge in [-0.25, -0.2) is 12.7 Å². The van der Waals surface area contributed by atoms with E-state index in [0.717, 1.165) is 30.8 Å². The van der Waals surface area contributed by atoms with Gasteiger partial charge in [-0.05, 0) is 25.0 Å². The van der Waals surface area contributed by atoms with Crippen LogP contribution in [0.4, 0.5) is 0 Å². The molecule has 1 N–H and O–H groups in total. The van der Waals surface area contributed by atoms with E-state index >= 15 is 0 Å². The number of hydrogen-bond donors (Lipinski definition) is 1. The van der Waals surface area contributed by atoms with E-state index in [1.165, 1.54) is 6.26 Å². The minimum Gasteiger partial charge on any atom is -0.465 e. The molecule has 0 saturated carbocycles. The number of nitrogens with one attached hydrogen (secondary N) is 1. The number of rotatable bonds is 5. The monoisotopic (exact) mass is 286 g/mol. The fraction of sp³-hybridized carbons (Fsp3) is 0.692. The Morgan fingerprint density at radius 1 is 1.32 bits per heavy atom. The molecule has 1 aromatic heterocycles. The van der Waals surface area contributed by atoms with Gasteiger partial charge in [0.25, 0.3) is 0 Å². The molecule has 5 nitrogen and oxygen atoms in total. The average Bonchev–Trinajstić information content (AvgIpc) is 2.84. The Morgan fingerprint density at radius 2 is 1.95 bits per heavy atom. The number of furan rings is 1. The third-order valence-corrected chi connectivity index (χ3v) is 4.86.